The molecule has 0 unspecified atom stereocenters. The highest BCUT2D eigenvalue weighted by Crippen LogP contribution is 2.33. The fraction of sp³-hybridized carbons (Fsp3) is 0.182. The van der Waals surface area contributed by atoms with Crippen LogP contribution in [0.25, 0.3) is 11.3 Å². The number of benzene rings is 1. The van der Waals surface area contributed by atoms with Crippen LogP contribution in [0.15, 0.2) is 28.7 Å². The molecule has 1 aromatic carbocycles. The molecule has 0 atom stereocenters. The molecule has 2 N–H and O–H groups in total. The lowest BCUT2D eigenvalue weighted by molar-refractivity contribution is -0.685. The first kappa shape index (κ1) is 12.8. The number of nitrogens with zero attached hydrogens (tertiary/aromatic N) is 1. The highest BCUT2D eigenvalue weighted by molar-refractivity contribution is 6.30. The molecule has 0 saturated carbocycles. The van der Waals surface area contributed by atoms with Gasteiger partial charge in [0.15, 0.2) is 0 Å². The molecule has 7 heteroatoms. The summed E-state index contributed by atoms with van der Waals surface area (Å²) in [5.41, 5.74) is 6.15. The molecule has 0 fully saturated rings. The van der Waals surface area contributed by atoms with E-state index in [0.717, 1.165) is 4.57 Å². The van der Waals surface area contributed by atoms with Gasteiger partial charge in [-0.1, -0.05) is 11.6 Å². The number of nitrogen functional groups attached to an aromatic ring is 1. The molecule has 3 nitrogen and oxygen atoms in total. The van der Waals surface area contributed by atoms with Gasteiger partial charge in [0.2, 0.25) is 0 Å². The molecule has 1 aromatic heterocycles. The van der Waals surface area contributed by atoms with Crippen molar-refractivity contribution in [3.63, 3.8) is 0 Å². The average molecular weight is 278 g/mol. The van der Waals surface area contributed by atoms with E-state index in [2.05, 4.69) is 4.42 Å². The summed E-state index contributed by atoms with van der Waals surface area (Å²) >= 11 is 5.72. The summed E-state index contributed by atoms with van der Waals surface area (Å²) in [6.45, 7) is 0. The van der Waals surface area contributed by atoms with E-state index in [1.54, 1.807) is 24.3 Å². The SMILES string of the molecule is C[n+]1c(C(F)(F)F)oc(N)c1-c1ccc(Cl)cc1. The Balaban J connectivity index is 2.59. The summed E-state index contributed by atoms with van der Waals surface area (Å²) in [7, 11) is 1.24. The van der Waals surface area contributed by atoms with Crippen LogP contribution in [-0.2, 0) is 13.2 Å². The van der Waals surface area contributed by atoms with Crippen LogP contribution in [0, 0.1) is 0 Å². The van der Waals surface area contributed by atoms with Gasteiger partial charge < -0.3 is 10.2 Å². The van der Waals surface area contributed by atoms with Crippen LogP contribution in [0.4, 0.5) is 19.1 Å². The van der Waals surface area contributed by atoms with Crippen molar-refractivity contribution in [1.82, 2.24) is 0 Å². The van der Waals surface area contributed by atoms with E-state index in [4.69, 9.17) is 17.3 Å². The van der Waals surface area contributed by atoms with E-state index in [1.807, 2.05) is 0 Å². The first-order valence-electron chi connectivity index (χ1n) is 4.92. The Bertz CT molecular complexity index is 575. The van der Waals surface area contributed by atoms with Crippen molar-refractivity contribution < 1.29 is 22.2 Å². The van der Waals surface area contributed by atoms with E-state index in [9.17, 15) is 13.2 Å². The first-order chi connectivity index (χ1) is 8.30. The first-order valence-corrected chi connectivity index (χ1v) is 5.30. The summed E-state index contributed by atoms with van der Waals surface area (Å²) in [4.78, 5) is 0. The second kappa shape index (κ2) is 4.20. The van der Waals surface area contributed by atoms with Crippen LogP contribution in [0.1, 0.15) is 5.89 Å². The number of hydrogen-bond donors (Lipinski definition) is 1. The smallest absolute Gasteiger partial charge is 0.378 e. The zero-order chi connectivity index (χ0) is 13.5. The minimum atomic E-state index is -4.59. The normalized spacial score (nSPS) is 11.8. The van der Waals surface area contributed by atoms with Crippen LogP contribution in [0.3, 0.4) is 0 Å². The summed E-state index contributed by atoms with van der Waals surface area (Å²) in [6.07, 6.45) is -4.59. The number of halogens is 4. The van der Waals surface area contributed by atoms with Crippen LogP contribution in [0.2, 0.25) is 5.02 Å². The van der Waals surface area contributed by atoms with Gasteiger partial charge in [-0.05, 0) is 24.3 Å². The third-order valence-electron chi connectivity index (χ3n) is 2.44. The van der Waals surface area contributed by atoms with E-state index in [-0.39, 0.29) is 11.6 Å². The molecular formula is C11H9ClF3N2O+. The Hall–Kier alpha value is -1.69. The molecule has 0 aliphatic heterocycles. The Morgan fingerprint density at radius 3 is 2.22 bits per heavy atom. The van der Waals surface area contributed by atoms with Gasteiger partial charge in [-0.2, -0.15) is 17.7 Å². The number of rotatable bonds is 1. The molecule has 0 saturated heterocycles. The van der Waals surface area contributed by atoms with Gasteiger partial charge in [-0.15, -0.1) is 0 Å². The van der Waals surface area contributed by atoms with E-state index >= 15 is 0 Å². The quantitative estimate of drug-likeness (QED) is 0.814. The maximum atomic E-state index is 12.6. The van der Waals surface area contributed by atoms with Crippen molar-refractivity contribution in [3.8, 4) is 11.3 Å². The van der Waals surface area contributed by atoms with Crippen molar-refractivity contribution in [2.45, 2.75) is 6.18 Å². The number of hydrogen-bond acceptors (Lipinski definition) is 2. The predicted molar refractivity (Wildman–Crippen MR) is 59.7 cm³/mol. The molecular weight excluding hydrogens is 269 g/mol. The minimum absolute atomic E-state index is 0.166. The van der Waals surface area contributed by atoms with Gasteiger partial charge in [0.05, 0.1) is 5.56 Å². The second-order valence-corrected chi connectivity index (χ2v) is 4.12. The highest BCUT2D eigenvalue weighted by Gasteiger charge is 2.47. The Labute approximate surface area is 106 Å². The summed E-state index contributed by atoms with van der Waals surface area (Å²) in [5, 5.41) is 0.486. The molecule has 0 radical (unpaired) electrons. The lowest BCUT2D eigenvalue weighted by atomic mass is 10.1. The molecule has 0 aliphatic carbocycles. The molecule has 2 rings (SSSR count). The average Bonchev–Trinajstić information content (AvgIpc) is 2.56. The number of alkyl halides is 3. The van der Waals surface area contributed by atoms with E-state index in [0.29, 0.717) is 10.6 Å². The topological polar surface area (TPSA) is 43.0 Å². The lowest BCUT2D eigenvalue weighted by Gasteiger charge is -1.98. The zero-order valence-corrected chi connectivity index (χ0v) is 10.0. The number of nitrogens with two attached hydrogens (primary N) is 1. The molecule has 0 spiro atoms. The van der Waals surface area contributed by atoms with Crippen molar-refractivity contribution in [2.75, 3.05) is 5.73 Å². The summed E-state index contributed by atoms with van der Waals surface area (Å²) in [5.74, 6) is -1.43. The van der Waals surface area contributed by atoms with Crippen LogP contribution >= 0.6 is 11.6 Å². The largest absolute Gasteiger partial charge is 0.517 e. The standard InChI is InChI=1S/C11H9ClF3N2O/c1-17-8(6-2-4-7(12)5-3-6)9(16)18-10(17)11(13,14)15/h2-5H,16H2,1H3/q+1. The maximum absolute atomic E-state index is 12.6. The van der Waals surface area contributed by atoms with E-state index < -0.39 is 12.1 Å². The maximum Gasteiger partial charge on any atom is 0.517 e. The van der Waals surface area contributed by atoms with Gasteiger partial charge >= 0.3 is 12.1 Å². The number of anilines is 1. The molecule has 0 amide bonds. The van der Waals surface area contributed by atoms with E-state index in [1.165, 1.54) is 7.05 Å². The van der Waals surface area contributed by atoms with Gasteiger partial charge in [0.25, 0.3) is 11.6 Å². The Kier molecular flexibility index (Phi) is 2.98. The van der Waals surface area contributed by atoms with Crippen LogP contribution in [-0.4, -0.2) is 0 Å². The second-order valence-electron chi connectivity index (χ2n) is 3.68. The summed E-state index contributed by atoms with van der Waals surface area (Å²) < 4.78 is 43.3. The van der Waals surface area contributed by atoms with Crippen molar-refractivity contribution in [2.24, 2.45) is 7.05 Å². The van der Waals surface area contributed by atoms with Gasteiger partial charge in [-0.25, -0.2) is 0 Å². The molecule has 96 valence electrons. The van der Waals surface area contributed by atoms with Gasteiger partial charge in [0, 0.05) is 5.02 Å². The Morgan fingerprint density at radius 2 is 1.78 bits per heavy atom. The molecule has 0 bridgehead atoms. The third-order valence-corrected chi connectivity index (χ3v) is 2.69. The monoisotopic (exact) mass is 277 g/mol. The fourth-order valence-corrected chi connectivity index (χ4v) is 1.81. The third kappa shape index (κ3) is 2.15. The van der Waals surface area contributed by atoms with Crippen LogP contribution < -0.4 is 10.3 Å². The highest BCUT2D eigenvalue weighted by atomic mass is 35.5. The number of oxazole rings is 1. The molecule has 18 heavy (non-hydrogen) atoms. The zero-order valence-electron chi connectivity index (χ0n) is 9.25. The van der Waals surface area contributed by atoms with Gasteiger partial charge in [0.1, 0.15) is 7.05 Å². The lowest BCUT2D eigenvalue weighted by Crippen LogP contribution is -2.37. The van der Waals surface area contributed by atoms with Gasteiger partial charge in [-0.3, -0.25) is 0 Å². The molecule has 2 aromatic rings. The number of aromatic nitrogens is 1. The fourth-order valence-electron chi connectivity index (χ4n) is 1.68. The van der Waals surface area contributed by atoms with Crippen LogP contribution in [0.5, 0.6) is 0 Å². The van der Waals surface area contributed by atoms with Crippen molar-refractivity contribution in [1.29, 1.82) is 0 Å². The Morgan fingerprint density at radius 1 is 1.22 bits per heavy atom. The molecule has 0 aliphatic rings. The van der Waals surface area contributed by atoms with Crippen molar-refractivity contribution >= 4 is 17.5 Å². The predicted octanol–water partition coefficient (Wildman–Crippen LogP) is 3.03. The van der Waals surface area contributed by atoms with Crippen molar-refractivity contribution in [3.05, 3.63) is 35.2 Å². The molecule has 1 heterocycles. The minimum Gasteiger partial charge on any atom is -0.378 e. The summed E-state index contributed by atoms with van der Waals surface area (Å²) in [6, 6.07) is 6.28.